The number of sulfonamides is 1. The predicted octanol–water partition coefficient (Wildman–Crippen LogP) is 2.64. The number of unbranched alkanes of at least 4 members (excludes halogenated alkanes) is 1. The Labute approximate surface area is 205 Å². The second-order valence-electron chi connectivity index (χ2n) is 8.65. The van der Waals surface area contributed by atoms with E-state index < -0.39 is 34.0 Å². The zero-order chi connectivity index (χ0) is 25.9. The maximum absolute atomic E-state index is 11.7. The van der Waals surface area contributed by atoms with Crippen LogP contribution in [0, 0.1) is 0 Å². The number of likely N-dealkylation sites (tertiary alicyclic amines) is 1. The number of hydrogen-bond donors (Lipinski definition) is 5. The largest absolute Gasteiger partial charge is 0.379 e. The number of aliphatic hydroxyl groups excluding tert-OH is 3. The third-order valence-corrected chi connectivity index (χ3v) is 7.52. The molecule has 3 atom stereocenters. The summed E-state index contributed by atoms with van der Waals surface area (Å²) in [5.74, 6) is 0. The lowest BCUT2D eigenvalue weighted by atomic mass is 10.1. The molecule has 0 aromatic heterocycles. The van der Waals surface area contributed by atoms with Crippen LogP contribution < -0.4 is 10.0 Å². The molecule has 194 valence electrons. The number of nitrogens with one attached hydrogen (secondary N) is 2. The topological polar surface area (TPSA) is 122 Å². The maximum atomic E-state index is 11.7. The van der Waals surface area contributed by atoms with Gasteiger partial charge in [-0.05, 0) is 59.5 Å². The van der Waals surface area contributed by atoms with Gasteiger partial charge >= 0.3 is 0 Å². The fourth-order valence-corrected chi connectivity index (χ4v) is 4.14. The van der Waals surface area contributed by atoms with Crippen LogP contribution in [0.5, 0.6) is 0 Å². The van der Waals surface area contributed by atoms with Gasteiger partial charge in [-0.1, -0.05) is 43.4 Å². The molecule has 0 saturated carbocycles. The number of rotatable bonds is 14. The summed E-state index contributed by atoms with van der Waals surface area (Å²) in [6, 6.07) is 0. The summed E-state index contributed by atoms with van der Waals surface area (Å²) in [5, 5.41) is 34.4. The molecule has 0 radical (unpaired) electrons. The van der Waals surface area contributed by atoms with E-state index in [1.807, 2.05) is 39.0 Å². The van der Waals surface area contributed by atoms with Gasteiger partial charge in [-0.3, -0.25) is 5.32 Å². The SMILES string of the molecule is C=C(/C=C\C(C)=C/C)N1C(O)C(=C/CC)/C(=C\CNC(O)CCCCNS(=O)(=O)C(C)C)C1O. The quantitative estimate of drug-likeness (QED) is 0.142. The molecule has 0 aliphatic carbocycles. The molecule has 1 heterocycles. The number of hydrogen-bond acceptors (Lipinski definition) is 7. The van der Waals surface area contributed by atoms with Crippen molar-refractivity contribution in [2.45, 2.75) is 84.2 Å². The Morgan fingerprint density at radius 2 is 1.76 bits per heavy atom. The molecule has 8 nitrogen and oxygen atoms in total. The van der Waals surface area contributed by atoms with Crippen LogP contribution in [-0.4, -0.2) is 65.7 Å². The maximum Gasteiger partial charge on any atom is 0.213 e. The summed E-state index contributed by atoms with van der Waals surface area (Å²) in [6.07, 6.45) is 8.84. The molecule has 1 fully saturated rings. The molecule has 9 heteroatoms. The lowest BCUT2D eigenvalue weighted by Gasteiger charge is -2.26. The zero-order valence-electron chi connectivity index (χ0n) is 21.2. The number of aliphatic hydroxyl groups is 3. The molecule has 0 amide bonds. The minimum absolute atomic E-state index is 0.301. The highest BCUT2D eigenvalue weighted by Crippen LogP contribution is 2.35. The summed E-state index contributed by atoms with van der Waals surface area (Å²) in [5.41, 5.74) is 2.74. The van der Waals surface area contributed by atoms with Crippen molar-refractivity contribution in [3.8, 4) is 0 Å². The minimum Gasteiger partial charge on any atom is -0.379 e. The first-order valence-corrected chi connectivity index (χ1v) is 13.5. The third kappa shape index (κ3) is 9.13. The van der Waals surface area contributed by atoms with Crippen LogP contribution in [0.2, 0.25) is 0 Å². The van der Waals surface area contributed by atoms with Gasteiger partial charge in [0, 0.05) is 29.9 Å². The van der Waals surface area contributed by atoms with Crippen LogP contribution in [0.15, 0.2) is 59.4 Å². The lowest BCUT2D eigenvalue weighted by Crippen LogP contribution is -2.35. The summed E-state index contributed by atoms with van der Waals surface area (Å²) in [7, 11) is -3.27. The van der Waals surface area contributed by atoms with Gasteiger partial charge < -0.3 is 20.2 Å². The van der Waals surface area contributed by atoms with Gasteiger partial charge in [-0.2, -0.15) is 0 Å². The van der Waals surface area contributed by atoms with E-state index in [9.17, 15) is 23.7 Å². The van der Waals surface area contributed by atoms with Crippen molar-refractivity contribution in [2.75, 3.05) is 13.1 Å². The monoisotopic (exact) mass is 497 g/mol. The van der Waals surface area contributed by atoms with Crippen molar-refractivity contribution < 1.29 is 23.7 Å². The molecule has 1 saturated heterocycles. The summed E-state index contributed by atoms with van der Waals surface area (Å²) in [6.45, 7) is 13.7. The summed E-state index contributed by atoms with van der Waals surface area (Å²) in [4.78, 5) is 1.46. The highest BCUT2D eigenvalue weighted by atomic mass is 32.2. The van der Waals surface area contributed by atoms with E-state index in [2.05, 4.69) is 16.6 Å². The van der Waals surface area contributed by atoms with Crippen LogP contribution in [0.1, 0.15) is 60.3 Å². The highest BCUT2D eigenvalue weighted by Gasteiger charge is 2.38. The molecule has 0 aromatic rings. The molecule has 0 spiro atoms. The molecule has 1 aliphatic rings. The van der Waals surface area contributed by atoms with Crippen molar-refractivity contribution in [1.29, 1.82) is 0 Å². The van der Waals surface area contributed by atoms with Gasteiger partial charge in [0.2, 0.25) is 10.0 Å². The molecule has 1 rings (SSSR count). The van der Waals surface area contributed by atoms with Gasteiger partial charge in [0.25, 0.3) is 0 Å². The van der Waals surface area contributed by atoms with E-state index in [4.69, 9.17) is 0 Å². The molecule has 1 aliphatic heterocycles. The van der Waals surface area contributed by atoms with E-state index in [-0.39, 0.29) is 0 Å². The normalized spacial score (nSPS) is 23.1. The predicted molar refractivity (Wildman–Crippen MR) is 138 cm³/mol. The van der Waals surface area contributed by atoms with E-state index in [1.54, 1.807) is 26.0 Å². The Morgan fingerprint density at radius 1 is 1.15 bits per heavy atom. The zero-order valence-corrected chi connectivity index (χ0v) is 22.0. The molecule has 0 aromatic carbocycles. The Bertz CT molecular complexity index is 890. The fourth-order valence-electron chi connectivity index (χ4n) is 3.37. The molecule has 34 heavy (non-hydrogen) atoms. The average Bonchev–Trinajstić information content (AvgIpc) is 3.01. The minimum atomic E-state index is -3.27. The van der Waals surface area contributed by atoms with Gasteiger partial charge in [-0.15, -0.1) is 0 Å². The van der Waals surface area contributed by atoms with Crippen LogP contribution in [0.3, 0.4) is 0 Å². The van der Waals surface area contributed by atoms with Gasteiger partial charge in [0.15, 0.2) is 12.5 Å². The van der Waals surface area contributed by atoms with Gasteiger partial charge in [-0.25, -0.2) is 13.1 Å². The number of nitrogens with zero attached hydrogens (tertiary/aromatic N) is 1. The Hall–Kier alpha value is -1.75. The first-order valence-electron chi connectivity index (χ1n) is 11.9. The van der Waals surface area contributed by atoms with E-state index >= 15 is 0 Å². The Balaban J connectivity index is 2.66. The van der Waals surface area contributed by atoms with Crippen LogP contribution in [0.4, 0.5) is 0 Å². The first kappa shape index (κ1) is 30.3. The average molecular weight is 498 g/mol. The van der Waals surface area contributed by atoms with Crippen molar-refractivity contribution in [3.05, 3.63) is 59.4 Å². The Morgan fingerprint density at radius 3 is 2.32 bits per heavy atom. The molecular formula is C25H43N3O5S. The van der Waals surface area contributed by atoms with E-state index in [1.165, 1.54) is 4.90 Å². The number of allylic oxidation sites excluding steroid dienone is 5. The van der Waals surface area contributed by atoms with Crippen molar-refractivity contribution >= 4 is 10.0 Å². The van der Waals surface area contributed by atoms with Crippen molar-refractivity contribution in [1.82, 2.24) is 14.9 Å². The fraction of sp³-hybridized carbons (Fsp3) is 0.600. The lowest BCUT2D eigenvalue weighted by molar-refractivity contribution is -0.00860. The van der Waals surface area contributed by atoms with Crippen molar-refractivity contribution in [2.24, 2.45) is 0 Å². The van der Waals surface area contributed by atoms with Crippen LogP contribution in [-0.2, 0) is 10.0 Å². The Kier molecular flexibility index (Phi) is 13.0. The van der Waals surface area contributed by atoms with E-state index in [0.717, 1.165) is 5.57 Å². The summed E-state index contributed by atoms with van der Waals surface area (Å²) < 4.78 is 26.0. The highest BCUT2D eigenvalue weighted by molar-refractivity contribution is 7.90. The molecule has 0 bridgehead atoms. The third-order valence-electron chi connectivity index (χ3n) is 5.67. The molecule has 3 unspecified atom stereocenters. The molecule has 5 N–H and O–H groups in total. The van der Waals surface area contributed by atoms with Crippen LogP contribution >= 0.6 is 0 Å². The second kappa shape index (κ2) is 14.6. The standard InChI is InChI=1S/C25H43N3O5S/c1-7-11-21-22(25(31)28(24(21)30)20(6)14-13-19(5)8-2)15-17-26-23(29)12-9-10-16-27-34(32,33)18(3)4/h8,11,13-15,18,23-27,29-31H,6-7,9-10,12,16-17H2,1-5H3/b14-13-,19-8-,21-11+,22-15+. The van der Waals surface area contributed by atoms with Crippen molar-refractivity contribution in [3.63, 3.8) is 0 Å². The summed E-state index contributed by atoms with van der Waals surface area (Å²) >= 11 is 0. The van der Waals surface area contributed by atoms with Crippen LogP contribution in [0.25, 0.3) is 0 Å². The first-order chi connectivity index (χ1) is 16.0. The smallest absolute Gasteiger partial charge is 0.213 e. The molecular weight excluding hydrogens is 454 g/mol. The van der Waals surface area contributed by atoms with Gasteiger partial charge in [0.05, 0.1) is 5.25 Å². The van der Waals surface area contributed by atoms with E-state index in [0.29, 0.717) is 55.6 Å². The van der Waals surface area contributed by atoms with Gasteiger partial charge in [0.1, 0.15) is 6.23 Å². The second-order valence-corrected chi connectivity index (χ2v) is 11.0.